The molecule has 3 rings (SSSR count). The molecule has 0 unspecified atom stereocenters. The summed E-state index contributed by atoms with van der Waals surface area (Å²) >= 11 is 0. The number of alkyl halides is 2. The number of para-hydroxylation sites is 1. The molecule has 6 nitrogen and oxygen atoms in total. The Bertz CT molecular complexity index is 1050. The van der Waals surface area contributed by atoms with Crippen LogP contribution in [0.25, 0.3) is 0 Å². The van der Waals surface area contributed by atoms with Gasteiger partial charge in [0.05, 0.1) is 0 Å². The fourth-order valence-corrected chi connectivity index (χ4v) is 3.02. The number of amides is 3. The third kappa shape index (κ3) is 6.80. The highest BCUT2D eigenvalue weighted by molar-refractivity contribution is 5.99. The van der Waals surface area contributed by atoms with Gasteiger partial charge in [0.1, 0.15) is 11.8 Å². The molecule has 0 fully saturated rings. The van der Waals surface area contributed by atoms with Crippen molar-refractivity contribution in [3.8, 4) is 5.75 Å². The van der Waals surface area contributed by atoms with Crippen molar-refractivity contribution in [2.24, 2.45) is 0 Å². The number of rotatable bonds is 8. The lowest BCUT2D eigenvalue weighted by molar-refractivity contribution is -0.117. The summed E-state index contributed by atoms with van der Waals surface area (Å²) in [7, 11) is 0. The lowest BCUT2D eigenvalue weighted by atomic mass is 10.0. The van der Waals surface area contributed by atoms with Gasteiger partial charge in [-0.2, -0.15) is 8.78 Å². The van der Waals surface area contributed by atoms with Gasteiger partial charge in [-0.05, 0) is 42.8 Å². The molecular formula is C24H23F2N3O3. The second kappa shape index (κ2) is 10.9. The van der Waals surface area contributed by atoms with Crippen LogP contribution in [0, 0.1) is 0 Å². The van der Waals surface area contributed by atoms with Crippen LogP contribution in [0.1, 0.15) is 18.1 Å². The Morgan fingerprint density at radius 3 is 2.19 bits per heavy atom. The van der Waals surface area contributed by atoms with Crippen LogP contribution in [0.4, 0.5) is 25.0 Å². The number of hydrogen-bond donors (Lipinski definition) is 3. The Hall–Kier alpha value is -3.94. The van der Waals surface area contributed by atoms with E-state index in [1.807, 2.05) is 36.4 Å². The zero-order valence-electron chi connectivity index (χ0n) is 17.3. The number of anilines is 2. The number of hydrogen-bond acceptors (Lipinski definition) is 3. The van der Waals surface area contributed by atoms with Gasteiger partial charge in [-0.1, -0.05) is 48.5 Å². The van der Waals surface area contributed by atoms with E-state index in [9.17, 15) is 18.4 Å². The van der Waals surface area contributed by atoms with Gasteiger partial charge in [0.25, 0.3) is 0 Å². The molecule has 8 heteroatoms. The molecule has 0 aliphatic rings. The number of halogens is 2. The Morgan fingerprint density at radius 2 is 1.53 bits per heavy atom. The van der Waals surface area contributed by atoms with Crippen LogP contribution < -0.4 is 20.7 Å². The van der Waals surface area contributed by atoms with E-state index >= 15 is 0 Å². The van der Waals surface area contributed by atoms with E-state index in [0.717, 1.165) is 5.56 Å². The molecule has 0 spiro atoms. The number of carbonyl (C=O) groups is 2. The summed E-state index contributed by atoms with van der Waals surface area (Å²) in [6.07, 6.45) is 0.347. The normalized spacial score (nSPS) is 11.5. The third-order valence-electron chi connectivity index (χ3n) is 4.55. The van der Waals surface area contributed by atoms with Gasteiger partial charge in [0, 0.05) is 23.4 Å². The molecule has 0 aromatic heterocycles. The van der Waals surface area contributed by atoms with Crippen molar-refractivity contribution in [1.82, 2.24) is 5.32 Å². The number of nitrogens with one attached hydrogen (secondary N) is 3. The first-order valence-electron chi connectivity index (χ1n) is 9.96. The smallest absolute Gasteiger partial charge is 0.387 e. The van der Waals surface area contributed by atoms with Gasteiger partial charge >= 0.3 is 12.6 Å². The van der Waals surface area contributed by atoms with Crippen molar-refractivity contribution in [3.05, 3.63) is 90.0 Å². The molecule has 0 saturated heterocycles. The summed E-state index contributed by atoms with van der Waals surface area (Å²) in [4.78, 5) is 24.6. The molecule has 0 aliphatic carbocycles. The molecule has 3 aromatic carbocycles. The highest BCUT2D eigenvalue weighted by Gasteiger charge is 2.17. The minimum atomic E-state index is -2.96. The molecular weight excluding hydrogens is 416 g/mol. The van der Waals surface area contributed by atoms with Crippen molar-refractivity contribution in [3.63, 3.8) is 0 Å². The average Bonchev–Trinajstić information content (AvgIpc) is 2.76. The van der Waals surface area contributed by atoms with Crippen molar-refractivity contribution in [2.45, 2.75) is 26.0 Å². The molecule has 32 heavy (non-hydrogen) atoms. The van der Waals surface area contributed by atoms with E-state index in [-0.39, 0.29) is 5.75 Å². The van der Waals surface area contributed by atoms with Crippen molar-refractivity contribution in [2.75, 3.05) is 10.6 Å². The molecule has 3 aromatic rings. The van der Waals surface area contributed by atoms with E-state index in [2.05, 4.69) is 20.7 Å². The van der Waals surface area contributed by atoms with Crippen LogP contribution in [0.15, 0.2) is 78.9 Å². The van der Waals surface area contributed by atoms with Crippen LogP contribution in [0.3, 0.4) is 0 Å². The van der Waals surface area contributed by atoms with Gasteiger partial charge in [-0.3, -0.25) is 4.79 Å². The van der Waals surface area contributed by atoms with Crippen molar-refractivity contribution >= 4 is 23.3 Å². The predicted octanol–water partition coefficient (Wildman–Crippen LogP) is 5.03. The first kappa shape index (κ1) is 22.7. The number of benzene rings is 3. The molecule has 3 amide bonds. The van der Waals surface area contributed by atoms with Crippen molar-refractivity contribution < 1.29 is 23.1 Å². The maximum Gasteiger partial charge on any atom is 0.387 e. The Labute approximate surface area is 184 Å². The summed E-state index contributed by atoms with van der Waals surface area (Å²) in [5.74, 6) is -0.420. The fourth-order valence-electron chi connectivity index (χ4n) is 3.02. The largest absolute Gasteiger partial charge is 0.435 e. The molecule has 0 saturated carbocycles. The summed E-state index contributed by atoms with van der Waals surface area (Å²) in [5, 5.41) is 7.88. The average molecular weight is 439 g/mol. The second-order valence-electron chi connectivity index (χ2n) is 7.04. The zero-order valence-corrected chi connectivity index (χ0v) is 17.3. The third-order valence-corrected chi connectivity index (χ3v) is 4.55. The number of urea groups is 1. The SMILES string of the molecule is C[C@H](NC(=O)Nc1ccccc1)C(=O)Nc1ccc(OC(F)F)c(Cc2ccccc2)c1. The lowest BCUT2D eigenvalue weighted by Crippen LogP contribution is -2.43. The Balaban J connectivity index is 1.66. The summed E-state index contributed by atoms with van der Waals surface area (Å²) in [5.41, 5.74) is 2.40. The van der Waals surface area contributed by atoms with Crippen LogP contribution >= 0.6 is 0 Å². The zero-order chi connectivity index (χ0) is 22.9. The molecule has 166 valence electrons. The monoisotopic (exact) mass is 439 g/mol. The highest BCUT2D eigenvalue weighted by atomic mass is 19.3. The van der Waals surface area contributed by atoms with Crippen LogP contribution in [0.2, 0.25) is 0 Å². The summed E-state index contributed by atoms with van der Waals surface area (Å²) in [6.45, 7) is -1.42. The summed E-state index contributed by atoms with van der Waals surface area (Å²) < 4.78 is 30.2. The predicted molar refractivity (Wildman–Crippen MR) is 119 cm³/mol. The molecule has 0 heterocycles. The second-order valence-corrected chi connectivity index (χ2v) is 7.04. The number of ether oxygens (including phenoxy) is 1. The standard InChI is InChI=1S/C24H23F2N3O3/c1-16(27-24(31)29-19-10-6-3-7-11-19)22(30)28-20-12-13-21(32-23(25)26)18(15-20)14-17-8-4-2-5-9-17/h2-13,15-16,23H,14H2,1H3,(H,28,30)(H2,27,29,31)/t16-/m0/s1. The van der Waals surface area contributed by atoms with Crippen LogP contribution in [-0.2, 0) is 11.2 Å². The van der Waals surface area contributed by atoms with Crippen molar-refractivity contribution in [1.29, 1.82) is 0 Å². The number of carbonyl (C=O) groups excluding carboxylic acids is 2. The van der Waals surface area contributed by atoms with Gasteiger partial charge in [0.2, 0.25) is 5.91 Å². The maximum absolute atomic E-state index is 12.8. The molecule has 0 aliphatic heterocycles. The quantitative estimate of drug-likeness (QED) is 0.461. The van der Waals surface area contributed by atoms with Gasteiger partial charge in [0.15, 0.2) is 0 Å². The maximum atomic E-state index is 12.8. The van der Waals surface area contributed by atoms with Gasteiger partial charge in [-0.15, -0.1) is 0 Å². The molecule has 3 N–H and O–H groups in total. The van der Waals surface area contributed by atoms with E-state index in [4.69, 9.17) is 0 Å². The minimum absolute atomic E-state index is 0.0373. The Kier molecular flexibility index (Phi) is 7.75. The minimum Gasteiger partial charge on any atom is -0.435 e. The van der Waals surface area contributed by atoms with E-state index in [1.54, 1.807) is 37.3 Å². The van der Waals surface area contributed by atoms with Crippen LogP contribution in [-0.4, -0.2) is 24.6 Å². The molecule has 0 bridgehead atoms. The molecule has 0 radical (unpaired) electrons. The van der Waals surface area contributed by atoms with Gasteiger partial charge in [-0.25, -0.2) is 4.79 Å². The summed E-state index contributed by atoms with van der Waals surface area (Å²) in [6, 6.07) is 21.2. The van der Waals surface area contributed by atoms with E-state index in [0.29, 0.717) is 23.4 Å². The first-order chi connectivity index (χ1) is 15.4. The lowest BCUT2D eigenvalue weighted by Gasteiger charge is -2.17. The van der Waals surface area contributed by atoms with E-state index in [1.165, 1.54) is 12.1 Å². The van der Waals surface area contributed by atoms with Gasteiger partial charge < -0.3 is 20.7 Å². The molecule has 1 atom stereocenters. The first-order valence-corrected chi connectivity index (χ1v) is 9.96. The topological polar surface area (TPSA) is 79.5 Å². The fraction of sp³-hybridized carbons (Fsp3) is 0.167. The van der Waals surface area contributed by atoms with E-state index < -0.39 is 24.6 Å². The highest BCUT2D eigenvalue weighted by Crippen LogP contribution is 2.27. The van der Waals surface area contributed by atoms with Crippen LogP contribution in [0.5, 0.6) is 5.75 Å². The Morgan fingerprint density at radius 1 is 0.875 bits per heavy atom.